The fourth-order valence-corrected chi connectivity index (χ4v) is 3.79. The van der Waals surface area contributed by atoms with E-state index in [2.05, 4.69) is 46.1 Å². The summed E-state index contributed by atoms with van der Waals surface area (Å²) in [7, 11) is 0. The molecule has 0 aliphatic heterocycles. The van der Waals surface area contributed by atoms with Gasteiger partial charge in [-0.05, 0) is 51.4 Å². The van der Waals surface area contributed by atoms with Gasteiger partial charge in [0.15, 0.2) is 0 Å². The number of allylic oxidation sites excluding steroid dienone is 2. The highest BCUT2D eigenvalue weighted by Crippen LogP contribution is 2.37. The van der Waals surface area contributed by atoms with Crippen molar-refractivity contribution in [3.05, 3.63) is 25.3 Å². The third-order valence-corrected chi connectivity index (χ3v) is 5.67. The van der Waals surface area contributed by atoms with Crippen molar-refractivity contribution in [3.8, 4) is 0 Å². The van der Waals surface area contributed by atoms with Gasteiger partial charge in [-0.15, -0.1) is 13.2 Å². The minimum atomic E-state index is -0.376. The molecule has 0 saturated heterocycles. The highest BCUT2D eigenvalue weighted by molar-refractivity contribution is 4.97. The Morgan fingerprint density at radius 1 is 1.14 bits per heavy atom. The number of hydrogen-bond acceptors (Lipinski definition) is 2. The Morgan fingerprint density at radius 2 is 1.77 bits per heavy atom. The Hall–Kier alpha value is -0.640. The van der Waals surface area contributed by atoms with Gasteiger partial charge in [0.25, 0.3) is 0 Å². The zero-order valence-corrected chi connectivity index (χ0v) is 14.8. The molecule has 0 bridgehead atoms. The van der Waals surface area contributed by atoms with Crippen LogP contribution >= 0.6 is 0 Å². The van der Waals surface area contributed by atoms with Crippen LogP contribution in [0.15, 0.2) is 25.3 Å². The van der Waals surface area contributed by atoms with Gasteiger partial charge in [-0.1, -0.05) is 12.2 Å². The molecular formula is C19H36NO2+. The number of ether oxygens (including phenoxy) is 1. The van der Waals surface area contributed by atoms with E-state index in [1.54, 1.807) is 0 Å². The van der Waals surface area contributed by atoms with E-state index in [4.69, 9.17) is 4.74 Å². The molecule has 0 aromatic carbocycles. The largest absolute Gasteiger partial charge is 0.385 e. The van der Waals surface area contributed by atoms with Gasteiger partial charge in [0.2, 0.25) is 0 Å². The number of likely N-dealkylation sites (N-methyl/N-ethyl adjacent to an activating group) is 1. The number of quaternary nitrogens is 1. The van der Waals surface area contributed by atoms with Crippen LogP contribution in [0.5, 0.6) is 0 Å². The molecule has 1 saturated carbocycles. The number of rotatable bonds is 11. The molecule has 0 amide bonds. The molecule has 0 aromatic heterocycles. The van der Waals surface area contributed by atoms with E-state index in [-0.39, 0.29) is 6.10 Å². The molecule has 128 valence electrons. The minimum Gasteiger partial charge on any atom is -0.385 e. The first-order chi connectivity index (χ1) is 10.5. The molecule has 4 unspecified atom stereocenters. The van der Waals surface area contributed by atoms with E-state index in [9.17, 15) is 5.11 Å². The second-order valence-corrected chi connectivity index (χ2v) is 6.79. The van der Waals surface area contributed by atoms with E-state index in [1.807, 2.05) is 0 Å². The van der Waals surface area contributed by atoms with Gasteiger partial charge >= 0.3 is 0 Å². The van der Waals surface area contributed by atoms with Crippen molar-refractivity contribution < 1.29 is 14.3 Å². The lowest BCUT2D eigenvalue weighted by Gasteiger charge is -2.37. The summed E-state index contributed by atoms with van der Waals surface area (Å²) in [6.45, 7) is 19.6. The smallest absolute Gasteiger partial charge is 0.126 e. The van der Waals surface area contributed by atoms with Crippen LogP contribution in [0.1, 0.15) is 33.6 Å². The third kappa shape index (κ3) is 5.22. The summed E-state index contributed by atoms with van der Waals surface area (Å²) >= 11 is 0. The predicted octanol–water partition coefficient (Wildman–Crippen LogP) is 3.25. The maximum absolute atomic E-state index is 10.3. The summed E-state index contributed by atoms with van der Waals surface area (Å²) < 4.78 is 6.80. The Labute approximate surface area is 137 Å². The molecule has 4 atom stereocenters. The molecule has 1 rings (SSSR count). The fourth-order valence-electron chi connectivity index (χ4n) is 3.79. The quantitative estimate of drug-likeness (QED) is 0.469. The van der Waals surface area contributed by atoms with Gasteiger partial charge in [-0.2, -0.15) is 0 Å². The second kappa shape index (κ2) is 9.49. The standard InChI is InChI=1S/C19H36NO2/c1-6-16-11-17(7-2)18(12-16)14-22-15-19(21)13-20(8-3,9-4)10-5/h6-7,16-19,21H,1-2,8-15H2,3-5H3/q+1. The van der Waals surface area contributed by atoms with Crippen LogP contribution in [0.3, 0.4) is 0 Å². The van der Waals surface area contributed by atoms with Crippen molar-refractivity contribution in [1.82, 2.24) is 0 Å². The molecule has 1 aliphatic carbocycles. The Bertz CT molecular complexity index is 330. The molecule has 3 heteroatoms. The summed E-state index contributed by atoms with van der Waals surface area (Å²) in [6.07, 6.45) is 6.01. The Kier molecular flexibility index (Phi) is 8.37. The van der Waals surface area contributed by atoms with Gasteiger partial charge in [0.1, 0.15) is 12.6 Å². The van der Waals surface area contributed by atoms with Crippen molar-refractivity contribution >= 4 is 0 Å². The monoisotopic (exact) mass is 310 g/mol. The van der Waals surface area contributed by atoms with Gasteiger partial charge in [0, 0.05) is 0 Å². The lowest BCUT2D eigenvalue weighted by atomic mass is 9.97. The zero-order chi connectivity index (χ0) is 16.6. The normalized spacial score (nSPS) is 26.8. The zero-order valence-electron chi connectivity index (χ0n) is 14.8. The van der Waals surface area contributed by atoms with Gasteiger partial charge < -0.3 is 14.3 Å². The number of aliphatic hydroxyl groups is 1. The minimum absolute atomic E-state index is 0.376. The third-order valence-electron chi connectivity index (χ3n) is 5.67. The van der Waals surface area contributed by atoms with Crippen molar-refractivity contribution in [2.75, 3.05) is 39.4 Å². The molecule has 0 aromatic rings. The lowest BCUT2D eigenvalue weighted by molar-refractivity contribution is -0.926. The fraction of sp³-hybridized carbons (Fsp3) is 0.789. The maximum Gasteiger partial charge on any atom is 0.126 e. The number of nitrogens with zero attached hydrogens (tertiary/aromatic N) is 1. The van der Waals surface area contributed by atoms with Crippen LogP contribution in [0.4, 0.5) is 0 Å². The van der Waals surface area contributed by atoms with Crippen LogP contribution in [0, 0.1) is 17.8 Å². The molecule has 0 spiro atoms. The first kappa shape index (κ1) is 19.4. The maximum atomic E-state index is 10.3. The molecule has 1 N–H and O–H groups in total. The summed E-state index contributed by atoms with van der Waals surface area (Å²) in [5, 5.41) is 10.3. The first-order valence-electron chi connectivity index (χ1n) is 8.90. The molecule has 3 nitrogen and oxygen atoms in total. The van der Waals surface area contributed by atoms with Gasteiger partial charge in [0.05, 0.1) is 32.8 Å². The van der Waals surface area contributed by atoms with Crippen molar-refractivity contribution in [3.63, 3.8) is 0 Å². The summed E-state index contributed by atoms with van der Waals surface area (Å²) in [5.41, 5.74) is 0. The average Bonchev–Trinajstić information content (AvgIpc) is 2.95. The Morgan fingerprint density at radius 3 is 2.27 bits per heavy atom. The molecule has 0 radical (unpaired) electrons. The van der Waals surface area contributed by atoms with Gasteiger partial charge in [-0.3, -0.25) is 0 Å². The van der Waals surface area contributed by atoms with Crippen molar-refractivity contribution in [2.24, 2.45) is 17.8 Å². The SMILES string of the molecule is C=CC1CC(C=C)C(COCC(O)C[N+](CC)(CC)CC)C1. The van der Waals surface area contributed by atoms with E-state index >= 15 is 0 Å². The van der Waals surface area contributed by atoms with E-state index in [0.29, 0.717) is 24.4 Å². The lowest BCUT2D eigenvalue weighted by Crippen LogP contribution is -2.52. The van der Waals surface area contributed by atoms with Crippen LogP contribution in [-0.2, 0) is 4.74 Å². The van der Waals surface area contributed by atoms with Crippen LogP contribution < -0.4 is 0 Å². The van der Waals surface area contributed by atoms with Crippen LogP contribution in [-0.4, -0.2) is 55.1 Å². The molecule has 0 heterocycles. The first-order valence-corrected chi connectivity index (χ1v) is 8.90. The highest BCUT2D eigenvalue weighted by Gasteiger charge is 2.31. The number of aliphatic hydroxyl groups excluding tert-OH is 1. The molecular weight excluding hydrogens is 274 g/mol. The molecule has 1 aliphatic rings. The number of hydrogen-bond donors (Lipinski definition) is 1. The predicted molar refractivity (Wildman–Crippen MR) is 93.7 cm³/mol. The van der Waals surface area contributed by atoms with Crippen molar-refractivity contribution in [1.29, 1.82) is 0 Å². The second-order valence-electron chi connectivity index (χ2n) is 6.79. The summed E-state index contributed by atoms with van der Waals surface area (Å²) in [5.74, 6) is 1.64. The van der Waals surface area contributed by atoms with Crippen LogP contribution in [0.25, 0.3) is 0 Å². The molecule has 22 heavy (non-hydrogen) atoms. The summed E-state index contributed by atoms with van der Waals surface area (Å²) in [6, 6.07) is 0. The van der Waals surface area contributed by atoms with E-state index < -0.39 is 0 Å². The molecule has 1 fully saturated rings. The summed E-state index contributed by atoms with van der Waals surface area (Å²) in [4.78, 5) is 0. The Balaban J connectivity index is 2.37. The topological polar surface area (TPSA) is 29.5 Å². The van der Waals surface area contributed by atoms with E-state index in [0.717, 1.165) is 50.1 Å². The highest BCUT2D eigenvalue weighted by atomic mass is 16.5. The van der Waals surface area contributed by atoms with Gasteiger partial charge in [-0.25, -0.2) is 0 Å². The average molecular weight is 311 g/mol. The van der Waals surface area contributed by atoms with Crippen molar-refractivity contribution in [2.45, 2.75) is 39.7 Å². The van der Waals surface area contributed by atoms with E-state index in [1.165, 1.54) is 0 Å². The van der Waals surface area contributed by atoms with Crippen LogP contribution in [0.2, 0.25) is 0 Å².